The number of rotatable bonds is 3. The van der Waals surface area contributed by atoms with Crippen molar-refractivity contribution in [1.82, 2.24) is 0 Å². The molecule has 64 valence electrons. The van der Waals surface area contributed by atoms with E-state index in [0.29, 0.717) is 0 Å². The van der Waals surface area contributed by atoms with Gasteiger partial charge in [0.15, 0.2) is 0 Å². The minimum atomic E-state index is 0.140. The zero-order chi connectivity index (χ0) is 9.03. The minimum Gasteiger partial charge on any atom is -0.102 e. The summed E-state index contributed by atoms with van der Waals surface area (Å²) in [6, 6.07) is 10.5. The van der Waals surface area contributed by atoms with E-state index in [-0.39, 0.29) is 5.41 Å². The average Bonchev–Trinajstić information content (AvgIpc) is 2.18. The van der Waals surface area contributed by atoms with Crippen molar-refractivity contribution in [3.63, 3.8) is 0 Å². The molecule has 0 aromatic heterocycles. The summed E-state index contributed by atoms with van der Waals surface area (Å²) in [5.74, 6) is 0. The first kappa shape index (κ1) is 9.05. The minimum absolute atomic E-state index is 0.140. The molecule has 0 bridgehead atoms. The van der Waals surface area contributed by atoms with Crippen LogP contribution in [0.1, 0.15) is 25.8 Å². The van der Waals surface area contributed by atoms with Crippen LogP contribution in [0.4, 0.5) is 0 Å². The molecule has 0 amide bonds. The van der Waals surface area contributed by atoms with E-state index in [0.717, 1.165) is 6.42 Å². The summed E-state index contributed by atoms with van der Waals surface area (Å²) < 4.78 is 0. The van der Waals surface area contributed by atoms with E-state index in [1.807, 2.05) is 12.1 Å². The van der Waals surface area contributed by atoms with E-state index >= 15 is 0 Å². The maximum atomic E-state index is 3.88. The zero-order valence-corrected chi connectivity index (χ0v) is 7.88. The topological polar surface area (TPSA) is 0 Å². The molecule has 0 N–H and O–H groups in total. The van der Waals surface area contributed by atoms with Gasteiger partial charge in [0.05, 0.1) is 0 Å². The van der Waals surface area contributed by atoms with Gasteiger partial charge in [-0.25, -0.2) is 0 Å². The molecule has 1 rings (SSSR count). The number of benzene rings is 1. The van der Waals surface area contributed by atoms with Crippen LogP contribution >= 0.6 is 0 Å². The SMILES string of the molecule is C=CC(C)(CC)c1ccccc1. The summed E-state index contributed by atoms with van der Waals surface area (Å²) in [4.78, 5) is 0. The van der Waals surface area contributed by atoms with Gasteiger partial charge < -0.3 is 0 Å². The summed E-state index contributed by atoms with van der Waals surface area (Å²) in [6.07, 6.45) is 3.13. The molecule has 0 aliphatic carbocycles. The average molecular weight is 160 g/mol. The predicted molar refractivity (Wildman–Crippen MR) is 54.3 cm³/mol. The van der Waals surface area contributed by atoms with Gasteiger partial charge in [0.2, 0.25) is 0 Å². The molecule has 12 heavy (non-hydrogen) atoms. The van der Waals surface area contributed by atoms with Crippen molar-refractivity contribution in [3.8, 4) is 0 Å². The largest absolute Gasteiger partial charge is 0.102 e. The Bertz CT molecular complexity index is 248. The first-order valence-corrected chi connectivity index (χ1v) is 4.42. The molecule has 0 aliphatic rings. The normalized spacial score (nSPS) is 15.2. The summed E-state index contributed by atoms with van der Waals surface area (Å²) in [5.41, 5.74) is 1.49. The Morgan fingerprint density at radius 1 is 1.33 bits per heavy atom. The van der Waals surface area contributed by atoms with Crippen molar-refractivity contribution in [2.24, 2.45) is 0 Å². The monoisotopic (exact) mass is 160 g/mol. The highest BCUT2D eigenvalue weighted by Gasteiger charge is 2.19. The van der Waals surface area contributed by atoms with Crippen LogP contribution in [-0.2, 0) is 5.41 Å². The molecule has 0 heterocycles. The van der Waals surface area contributed by atoms with Gasteiger partial charge in [0, 0.05) is 5.41 Å². The van der Waals surface area contributed by atoms with Crippen molar-refractivity contribution in [2.45, 2.75) is 25.7 Å². The van der Waals surface area contributed by atoms with Gasteiger partial charge in [0.25, 0.3) is 0 Å². The number of hydrogen-bond acceptors (Lipinski definition) is 0. The Hall–Kier alpha value is -1.04. The third-order valence-corrected chi connectivity index (χ3v) is 2.62. The highest BCUT2D eigenvalue weighted by atomic mass is 14.2. The first-order valence-electron chi connectivity index (χ1n) is 4.42. The Morgan fingerprint density at radius 2 is 1.92 bits per heavy atom. The highest BCUT2D eigenvalue weighted by Crippen LogP contribution is 2.27. The van der Waals surface area contributed by atoms with E-state index in [2.05, 4.69) is 44.7 Å². The van der Waals surface area contributed by atoms with Gasteiger partial charge in [-0.15, -0.1) is 6.58 Å². The van der Waals surface area contributed by atoms with Crippen molar-refractivity contribution in [1.29, 1.82) is 0 Å². The van der Waals surface area contributed by atoms with Gasteiger partial charge in [0.1, 0.15) is 0 Å². The summed E-state index contributed by atoms with van der Waals surface area (Å²) >= 11 is 0. The highest BCUT2D eigenvalue weighted by molar-refractivity contribution is 5.28. The first-order chi connectivity index (χ1) is 5.73. The second-order valence-electron chi connectivity index (χ2n) is 3.34. The summed E-state index contributed by atoms with van der Waals surface area (Å²) in [7, 11) is 0. The molecule has 1 unspecified atom stereocenters. The second kappa shape index (κ2) is 3.57. The van der Waals surface area contributed by atoms with E-state index in [1.54, 1.807) is 0 Å². The molecule has 0 spiro atoms. The number of allylic oxidation sites excluding steroid dienone is 1. The van der Waals surface area contributed by atoms with Crippen LogP contribution in [0.5, 0.6) is 0 Å². The molecule has 1 aromatic rings. The van der Waals surface area contributed by atoms with Gasteiger partial charge in [-0.1, -0.05) is 50.3 Å². The molecule has 0 heteroatoms. The van der Waals surface area contributed by atoms with Gasteiger partial charge in [-0.05, 0) is 12.0 Å². The van der Waals surface area contributed by atoms with Crippen molar-refractivity contribution in [2.75, 3.05) is 0 Å². The van der Waals surface area contributed by atoms with Crippen LogP contribution in [-0.4, -0.2) is 0 Å². The molecule has 0 saturated heterocycles. The smallest absolute Gasteiger partial charge is 0.00983 e. The Morgan fingerprint density at radius 3 is 2.33 bits per heavy atom. The van der Waals surface area contributed by atoms with E-state index < -0.39 is 0 Å². The van der Waals surface area contributed by atoms with Crippen LogP contribution in [0.3, 0.4) is 0 Å². The quantitative estimate of drug-likeness (QED) is 0.593. The van der Waals surface area contributed by atoms with Crippen molar-refractivity contribution >= 4 is 0 Å². The lowest BCUT2D eigenvalue weighted by molar-refractivity contribution is 0.574. The van der Waals surface area contributed by atoms with E-state index in [9.17, 15) is 0 Å². The standard InChI is InChI=1S/C12H16/c1-4-12(3,5-2)11-9-7-6-8-10-11/h4,6-10H,1,5H2,2-3H3. The third-order valence-electron chi connectivity index (χ3n) is 2.62. The van der Waals surface area contributed by atoms with Crippen molar-refractivity contribution < 1.29 is 0 Å². The summed E-state index contributed by atoms with van der Waals surface area (Å²) in [6.45, 7) is 8.29. The molecular weight excluding hydrogens is 144 g/mol. The summed E-state index contributed by atoms with van der Waals surface area (Å²) in [5, 5.41) is 0. The lowest BCUT2D eigenvalue weighted by Crippen LogP contribution is -2.16. The zero-order valence-electron chi connectivity index (χ0n) is 7.88. The van der Waals surface area contributed by atoms with Crippen LogP contribution in [0, 0.1) is 0 Å². The Kier molecular flexibility index (Phi) is 2.69. The molecular formula is C12H16. The van der Waals surface area contributed by atoms with Gasteiger partial charge in [-0.2, -0.15) is 0 Å². The van der Waals surface area contributed by atoms with E-state index in [4.69, 9.17) is 0 Å². The van der Waals surface area contributed by atoms with E-state index in [1.165, 1.54) is 5.56 Å². The molecule has 0 saturated carbocycles. The molecule has 0 fully saturated rings. The number of hydrogen-bond donors (Lipinski definition) is 0. The lowest BCUT2D eigenvalue weighted by atomic mass is 9.80. The van der Waals surface area contributed by atoms with Gasteiger partial charge >= 0.3 is 0 Å². The lowest BCUT2D eigenvalue weighted by Gasteiger charge is -2.24. The van der Waals surface area contributed by atoms with Crippen LogP contribution < -0.4 is 0 Å². The fraction of sp³-hybridized carbons (Fsp3) is 0.333. The maximum absolute atomic E-state index is 3.88. The predicted octanol–water partition coefficient (Wildman–Crippen LogP) is 3.54. The molecule has 1 aromatic carbocycles. The fourth-order valence-corrected chi connectivity index (χ4v) is 1.29. The van der Waals surface area contributed by atoms with Gasteiger partial charge in [-0.3, -0.25) is 0 Å². The van der Waals surface area contributed by atoms with Crippen LogP contribution in [0.15, 0.2) is 43.0 Å². The second-order valence-corrected chi connectivity index (χ2v) is 3.34. The van der Waals surface area contributed by atoms with Crippen LogP contribution in [0.2, 0.25) is 0 Å². The molecule has 0 radical (unpaired) electrons. The molecule has 1 atom stereocenters. The van der Waals surface area contributed by atoms with Crippen LogP contribution in [0.25, 0.3) is 0 Å². The Labute approximate surface area is 74.9 Å². The third kappa shape index (κ3) is 1.58. The van der Waals surface area contributed by atoms with Crippen molar-refractivity contribution in [3.05, 3.63) is 48.6 Å². The Balaban J connectivity index is 3.03. The molecule has 0 nitrogen and oxygen atoms in total. The maximum Gasteiger partial charge on any atom is 0.00983 e. The molecule has 0 aliphatic heterocycles. The fourth-order valence-electron chi connectivity index (χ4n) is 1.29.